The molecule has 0 aliphatic heterocycles. The first kappa shape index (κ1) is 11.5. The van der Waals surface area contributed by atoms with Crippen LogP contribution >= 0.6 is 23.1 Å². The van der Waals surface area contributed by atoms with Gasteiger partial charge in [0.15, 0.2) is 0 Å². The fourth-order valence-electron chi connectivity index (χ4n) is 0.773. The van der Waals surface area contributed by atoms with Crippen molar-refractivity contribution >= 4 is 29.1 Å². The number of thiazole rings is 1. The van der Waals surface area contributed by atoms with Crippen molar-refractivity contribution in [2.45, 2.75) is 31.3 Å². The van der Waals surface area contributed by atoms with Crippen molar-refractivity contribution in [2.24, 2.45) is 0 Å². The van der Waals surface area contributed by atoms with Crippen molar-refractivity contribution in [1.29, 1.82) is 0 Å². The number of carboxylic acid groups (broad SMARTS) is 1. The predicted octanol–water partition coefficient (Wildman–Crippen LogP) is 2.55. The van der Waals surface area contributed by atoms with Crippen molar-refractivity contribution in [2.75, 3.05) is 0 Å². The van der Waals surface area contributed by atoms with Gasteiger partial charge >= 0.3 is 5.97 Å². The van der Waals surface area contributed by atoms with Crippen LogP contribution in [0.15, 0.2) is 5.38 Å². The lowest BCUT2D eigenvalue weighted by molar-refractivity contribution is -0.138. The zero-order chi connectivity index (χ0) is 10.8. The molecule has 0 spiro atoms. The zero-order valence-corrected chi connectivity index (χ0v) is 10.0. The summed E-state index contributed by atoms with van der Waals surface area (Å²) in [6, 6.07) is 0. The van der Waals surface area contributed by atoms with Crippen LogP contribution in [0.4, 0.5) is 0 Å². The molecule has 0 unspecified atom stereocenters. The van der Waals surface area contributed by atoms with Crippen LogP contribution in [0.1, 0.15) is 24.5 Å². The van der Waals surface area contributed by atoms with Crippen LogP contribution in [0.25, 0.3) is 0 Å². The number of hydrogen-bond acceptors (Lipinski definition) is 4. The molecule has 1 N–H and O–H groups in total. The SMILES string of the molecule is Cc1csc(CSC(C)(C)C(=O)O)n1. The Labute approximate surface area is 91.6 Å². The number of carboxylic acids is 1. The van der Waals surface area contributed by atoms with Crippen LogP contribution in [-0.4, -0.2) is 20.8 Å². The molecule has 14 heavy (non-hydrogen) atoms. The van der Waals surface area contributed by atoms with Gasteiger partial charge in [-0.1, -0.05) is 0 Å². The number of rotatable bonds is 4. The van der Waals surface area contributed by atoms with E-state index in [1.807, 2.05) is 12.3 Å². The number of aromatic nitrogens is 1. The molecule has 1 rings (SSSR count). The molecular weight excluding hydrogens is 218 g/mol. The lowest BCUT2D eigenvalue weighted by atomic mass is 10.2. The fraction of sp³-hybridized carbons (Fsp3) is 0.556. The van der Waals surface area contributed by atoms with Gasteiger partial charge in [-0.25, -0.2) is 4.98 Å². The van der Waals surface area contributed by atoms with E-state index in [1.54, 1.807) is 25.2 Å². The summed E-state index contributed by atoms with van der Waals surface area (Å²) in [5.74, 6) is -0.117. The summed E-state index contributed by atoms with van der Waals surface area (Å²) >= 11 is 2.98. The summed E-state index contributed by atoms with van der Waals surface area (Å²) in [6.45, 7) is 5.36. The van der Waals surface area contributed by atoms with Gasteiger partial charge in [0.05, 0.1) is 0 Å². The van der Waals surface area contributed by atoms with Crippen molar-refractivity contribution in [3.05, 3.63) is 16.1 Å². The summed E-state index contributed by atoms with van der Waals surface area (Å²) < 4.78 is -0.737. The van der Waals surface area contributed by atoms with Crippen molar-refractivity contribution in [3.63, 3.8) is 0 Å². The monoisotopic (exact) mass is 231 g/mol. The maximum Gasteiger partial charge on any atom is 0.319 e. The molecule has 0 amide bonds. The van der Waals surface area contributed by atoms with Gasteiger partial charge in [0.25, 0.3) is 0 Å². The minimum Gasteiger partial charge on any atom is -0.480 e. The molecule has 0 bridgehead atoms. The van der Waals surface area contributed by atoms with Crippen molar-refractivity contribution in [3.8, 4) is 0 Å². The second-order valence-corrected chi connectivity index (χ2v) is 6.03. The minimum atomic E-state index is -0.782. The molecule has 0 radical (unpaired) electrons. The standard InChI is InChI=1S/C9H13NO2S2/c1-6-4-13-7(10-6)5-14-9(2,3)8(11)12/h4H,5H2,1-3H3,(H,11,12). The highest BCUT2D eigenvalue weighted by atomic mass is 32.2. The number of nitrogens with zero attached hydrogens (tertiary/aromatic N) is 1. The number of aliphatic carboxylic acids is 1. The molecule has 3 nitrogen and oxygen atoms in total. The van der Waals surface area contributed by atoms with Gasteiger partial charge in [-0.3, -0.25) is 4.79 Å². The normalized spacial score (nSPS) is 11.6. The first-order valence-corrected chi connectivity index (χ1v) is 6.07. The summed E-state index contributed by atoms with van der Waals surface area (Å²) in [7, 11) is 0. The first-order valence-electron chi connectivity index (χ1n) is 4.20. The lowest BCUT2D eigenvalue weighted by Gasteiger charge is -2.17. The third-order valence-electron chi connectivity index (χ3n) is 1.74. The van der Waals surface area contributed by atoms with Crippen molar-refractivity contribution < 1.29 is 9.90 Å². The molecule has 5 heteroatoms. The Balaban J connectivity index is 2.52. The zero-order valence-electron chi connectivity index (χ0n) is 8.40. The average molecular weight is 231 g/mol. The largest absolute Gasteiger partial charge is 0.480 e. The van der Waals surface area contributed by atoms with Gasteiger partial charge in [-0.05, 0) is 20.8 Å². The Morgan fingerprint density at radius 3 is 2.79 bits per heavy atom. The Bertz CT molecular complexity index is 333. The molecule has 0 aromatic carbocycles. The Morgan fingerprint density at radius 2 is 2.36 bits per heavy atom. The maximum absolute atomic E-state index is 10.8. The van der Waals surface area contributed by atoms with E-state index in [-0.39, 0.29) is 0 Å². The maximum atomic E-state index is 10.8. The van der Waals surface area contributed by atoms with Gasteiger partial charge < -0.3 is 5.11 Å². The molecule has 0 saturated heterocycles. The van der Waals surface area contributed by atoms with Crippen LogP contribution in [0.2, 0.25) is 0 Å². The van der Waals surface area contributed by atoms with E-state index in [9.17, 15) is 4.79 Å². The first-order chi connectivity index (χ1) is 6.42. The van der Waals surface area contributed by atoms with Gasteiger partial charge in [0.1, 0.15) is 9.75 Å². The van der Waals surface area contributed by atoms with E-state index in [4.69, 9.17) is 5.11 Å². The summed E-state index contributed by atoms with van der Waals surface area (Å²) in [5.41, 5.74) is 0.999. The molecule has 0 aliphatic rings. The summed E-state index contributed by atoms with van der Waals surface area (Å²) in [6.07, 6.45) is 0. The molecular formula is C9H13NO2S2. The molecule has 0 saturated carbocycles. The second-order valence-electron chi connectivity index (χ2n) is 3.49. The highest BCUT2D eigenvalue weighted by Crippen LogP contribution is 2.29. The molecule has 1 heterocycles. The number of aryl methyl sites for hydroxylation is 1. The highest BCUT2D eigenvalue weighted by molar-refractivity contribution is 8.00. The molecule has 0 aliphatic carbocycles. The van der Waals surface area contributed by atoms with E-state index >= 15 is 0 Å². The van der Waals surface area contributed by atoms with E-state index < -0.39 is 10.7 Å². The van der Waals surface area contributed by atoms with Gasteiger partial charge in [-0.2, -0.15) is 0 Å². The number of carbonyl (C=O) groups is 1. The molecule has 1 aromatic heterocycles. The van der Waals surface area contributed by atoms with Gasteiger partial charge in [0.2, 0.25) is 0 Å². The Hall–Kier alpha value is -0.550. The third kappa shape index (κ3) is 2.99. The van der Waals surface area contributed by atoms with E-state index in [2.05, 4.69) is 4.98 Å². The summed E-state index contributed by atoms with van der Waals surface area (Å²) in [4.78, 5) is 15.1. The van der Waals surface area contributed by atoms with Crippen LogP contribution in [0.5, 0.6) is 0 Å². The van der Waals surface area contributed by atoms with E-state index in [0.29, 0.717) is 5.75 Å². The van der Waals surface area contributed by atoms with Crippen LogP contribution in [-0.2, 0) is 10.5 Å². The highest BCUT2D eigenvalue weighted by Gasteiger charge is 2.27. The van der Waals surface area contributed by atoms with E-state index in [0.717, 1.165) is 10.7 Å². The molecule has 0 atom stereocenters. The van der Waals surface area contributed by atoms with Crippen LogP contribution in [0, 0.1) is 6.92 Å². The van der Waals surface area contributed by atoms with Crippen LogP contribution < -0.4 is 0 Å². The molecule has 0 fully saturated rings. The van der Waals surface area contributed by atoms with Crippen LogP contribution in [0.3, 0.4) is 0 Å². The molecule has 78 valence electrons. The van der Waals surface area contributed by atoms with Gasteiger partial charge in [0, 0.05) is 16.8 Å². The Kier molecular flexibility index (Phi) is 3.55. The van der Waals surface area contributed by atoms with E-state index in [1.165, 1.54) is 11.8 Å². The third-order valence-corrected chi connectivity index (χ3v) is 4.20. The summed E-state index contributed by atoms with van der Waals surface area (Å²) in [5, 5.41) is 11.9. The smallest absolute Gasteiger partial charge is 0.319 e. The quantitative estimate of drug-likeness (QED) is 0.865. The average Bonchev–Trinajstić information content (AvgIpc) is 2.48. The predicted molar refractivity (Wildman–Crippen MR) is 59.9 cm³/mol. The van der Waals surface area contributed by atoms with Crippen molar-refractivity contribution in [1.82, 2.24) is 4.98 Å². The lowest BCUT2D eigenvalue weighted by Crippen LogP contribution is -2.27. The van der Waals surface area contributed by atoms with Gasteiger partial charge in [-0.15, -0.1) is 23.1 Å². The number of hydrogen-bond donors (Lipinski definition) is 1. The Morgan fingerprint density at radius 1 is 1.71 bits per heavy atom. The second kappa shape index (κ2) is 4.31. The fourth-order valence-corrected chi connectivity index (χ4v) is 2.45. The molecule has 1 aromatic rings. The number of thioether (sulfide) groups is 1. The topological polar surface area (TPSA) is 50.2 Å². The minimum absolute atomic E-state index is 0.664.